The summed E-state index contributed by atoms with van der Waals surface area (Å²) in [5.41, 5.74) is 6.17. The molecule has 0 fully saturated rings. The second kappa shape index (κ2) is 4.23. The fourth-order valence-electron chi connectivity index (χ4n) is 0.474. The summed E-state index contributed by atoms with van der Waals surface area (Å²) >= 11 is 4.08. The first-order chi connectivity index (χ1) is 3.79. The van der Waals surface area contributed by atoms with Crippen LogP contribution in [0.5, 0.6) is 0 Å². The topological polar surface area (TPSA) is 26.0 Å². The summed E-state index contributed by atoms with van der Waals surface area (Å²) in [6, 6.07) is 7.36. The molecule has 0 saturated carbocycles. The average Bonchev–Trinajstić information content (AvgIpc) is 1.77. The van der Waals surface area contributed by atoms with Crippen molar-refractivity contribution in [2.24, 2.45) is 0 Å². The summed E-state index contributed by atoms with van der Waals surface area (Å²) in [4.78, 5) is 0.944. The summed E-state index contributed by atoms with van der Waals surface area (Å²) in [5, 5.41) is 0. The maximum atomic E-state index is 5.39. The Balaban J connectivity index is 0.000000640. The van der Waals surface area contributed by atoms with Crippen molar-refractivity contribution in [2.75, 3.05) is 5.73 Å². The molecule has 0 bridgehead atoms. The van der Waals surface area contributed by atoms with Crippen LogP contribution in [-0.2, 0) is 0 Å². The molecule has 0 unspecified atom stereocenters. The molecule has 3 heteroatoms. The summed E-state index contributed by atoms with van der Waals surface area (Å²) in [5.74, 6) is 0. The third-order valence-electron chi connectivity index (χ3n) is 0.893. The zero-order valence-electron chi connectivity index (χ0n) is 4.33. The van der Waals surface area contributed by atoms with Gasteiger partial charge in [0.25, 0.3) is 0 Å². The molecule has 0 amide bonds. The van der Waals surface area contributed by atoms with Crippen LogP contribution < -0.4 is 5.73 Å². The number of nitrogens with two attached hydrogens (primary N) is 1. The molecule has 2 N–H and O–H groups in total. The normalized spacial score (nSPS) is 8.11. The van der Waals surface area contributed by atoms with Crippen molar-refractivity contribution in [2.45, 2.75) is 4.90 Å². The molecule has 0 aromatic heterocycles. The number of benzene rings is 1. The molecule has 44 valence electrons. The van der Waals surface area contributed by atoms with Crippen molar-refractivity contribution in [3.8, 4) is 0 Å². The van der Waals surface area contributed by atoms with Gasteiger partial charge in [-0.3, -0.25) is 0 Å². The van der Waals surface area contributed by atoms with E-state index >= 15 is 0 Å². The van der Waals surface area contributed by atoms with Crippen LogP contribution in [-0.4, -0.2) is 29.6 Å². The molecule has 0 atom stereocenters. The fourth-order valence-corrected chi connectivity index (χ4v) is 0.623. The van der Waals surface area contributed by atoms with Crippen molar-refractivity contribution in [1.82, 2.24) is 0 Å². The molecule has 0 spiro atoms. The molecule has 0 aliphatic rings. The van der Waals surface area contributed by atoms with E-state index in [0.717, 1.165) is 10.6 Å². The third kappa shape index (κ3) is 3.16. The van der Waals surface area contributed by atoms with Gasteiger partial charge in [-0.2, -0.15) is 0 Å². The van der Waals surface area contributed by atoms with Crippen LogP contribution in [0.1, 0.15) is 0 Å². The van der Waals surface area contributed by atoms with Gasteiger partial charge in [0.15, 0.2) is 0 Å². The molecule has 0 aliphatic carbocycles. The van der Waals surface area contributed by atoms with Crippen molar-refractivity contribution < 1.29 is 0 Å². The number of nitrogen functional groups attached to an aromatic ring is 1. The number of hydrogen-bond acceptors (Lipinski definition) is 2. The van der Waals surface area contributed by atoms with E-state index in [0.29, 0.717) is 0 Å². The predicted molar refractivity (Wildman–Crippen MR) is 45.3 cm³/mol. The van der Waals surface area contributed by atoms with Gasteiger partial charge in [0.2, 0.25) is 0 Å². The third-order valence-corrected chi connectivity index (χ3v) is 1.19. The number of rotatable bonds is 0. The van der Waals surface area contributed by atoms with Crippen LogP contribution in [0.4, 0.5) is 5.69 Å². The summed E-state index contributed by atoms with van der Waals surface area (Å²) < 4.78 is 0. The van der Waals surface area contributed by atoms with Crippen LogP contribution in [0.3, 0.4) is 0 Å². The molecular formula is C6H8NNaS. The second-order valence-corrected chi connectivity index (χ2v) is 2.11. The van der Waals surface area contributed by atoms with Gasteiger partial charge < -0.3 is 5.73 Å². The molecule has 1 rings (SSSR count). The predicted octanol–water partition coefficient (Wildman–Crippen LogP) is 0.909. The van der Waals surface area contributed by atoms with E-state index in [4.69, 9.17) is 5.73 Å². The maximum absolute atomic E-state index is 5.39. The first-order valence-electron chi connectivity index (χ1n) is 2.33. The van der Waals surface area contributed by atoms with Crippen LogP contribution in [0.2, 0.25) is 0 Å². The van der Waals surface area contributed by atoms with E-state index < -0.39 is 0 Å². The van der Waals surface area contributed by atoms with E-state index in [1.165, 1.54) is 0 Å². The van der Waals surface area contributed by atoms with Crippen molar-refractivity contribution >= 4 is 47.9 Å². The Labute approximate surface area is 82.3 Å². The van der Waals surface area contributed by atoms with Gasteiger partial charge in [0.05, 0.1) is 0 Å². The van der Waals surface area contributed by atoms with Crippen LogP contribution in [0, 0.1) is 0 Å². The number of thiol groups is 1. The van der Waals surface area contributed by atoms with E-state index in [1.54, 1.807) is 0 Å². The molecule has 1 nitrogen and oxygen atoms in total. The van der Waals surface area contributed by atoms with Gasteiger partial charge in [-0.05, 0) is 24.3 Å². The Hall–Kier alpha value is 0.370. The molecule has 1 aromatic carbocycles. The van der Waals surface area contributed by atoms with Gasteiger partial charge in [0, 0.05) is 10.6 Å². The zero-order chi connectivity index (χ0) is 5.98. The number of anilines is 1. The average molecular weight is 149 g/mol. The first-order valence-corrected chi connectivity index (χ1v) is 2.78. The Morgan fingerprint density at radius 2 is 1.56 bits per heavy atom. The molecule has 9 heavy (non-hydrogen) atoms. The van der Waals surface area contributed by atoms with Crippen LogP contribution in [0.25, 0.3) is 0 Å². The molecule has 0 aliphatic heterocycles. The van der Waals surface area contributed by atoms with Crippen molar-refractivity contribution in [3.63, 3.8) is 0 Å². The quantitative estimate of drug-likeness (QED) is 0.320. The van der Waals surface area contributed by atoms with Crippen molar-refractivity contribution in [3.05, 3.63) is 24.3 Å². The van der Waals surface area contributed by atoms with E-state index in [-0.39, 0.29) is 29.6 Å². The minimum absolute atomic E-state index is 0. The standard InChI is InChI=1S/C6H7NS.Na.H/c7-5-1-3-6(8)4-2-5;;/h1-4,8H,7H2;;. The van der Waals surface area contributed by atoms with Gasteiger partial charge in [-0.25, -0.2) is 0 Å². The summed E-state index contributed by atoms with van der Waals surface area (Å²) in [6.07, 6.45) is 0. The van der Waals surface area contributed by atoms with E-state index in [1.807, 2.05) is 24.3 Å². The van der Waals surface area contributed by atoms with Gasteiger partial charge in [-0.1, -0.05) is 0 Å². The molecule has 1 aromatic rings. The Bertz CT molecular complexity index is 152. The van der Waals surface area contributed by atoms with Crippen LogP contribution >= 0.6 is 12.6 Å². The number of hydrogen-bond donors (Lipinski definition) is 2. The summed E-state index contributed by atoms with van der Waals surface area (Å²) in [6.45, 7) is 0. The first kappa shape index (κ1) is 9.37. The van der Waals surface area contributed by atoms with Crippen molar-refractivity contribution in [1.29, 1.82) is 0 Å². The van der Waals surface area contributed by atoms with E-state index in [9.17, 15) is 0 Å². The SMILES string of the molecule is Nc1ccc(S)cc1.[NaH]. The fraction of sp³-hybridized carbons (Fsp3) is 0. The monoisotopic (exact) mass is 149 g/mol. The van der Waals surface area contributed by atoms with Gasteiger partial charge in [0.1, 0.15) is 0 Å². The second-order valence-electron chi connectivity index (χ2n) is 1.59. The summed E-state index contributed by atoms with van der Waals surface area (Å²) in [7, 11) is 0. The Morgan fingerprint density at radius 3 is 1.89 bits per heavy atom. The Kier molecular flexibility index (Phi) is 4.40. The minimum atomic E-state index is 0. The van der Waals surface area contributed by atoms with E-state index in [2.05, 4.69) is 12.6 Å². The van der Waals surface area contributed by atoms with Gasteiger partial charge in [-0.15, -0.1) is 12.6 Å². The molecule has 0 heterocycles. The molecular weight excluding hydrogens is 141 g/mol. The molecule has 0 radical (unpaired) electrons. The zero-order valence-corrected chi connectivity index (χ0v) is 5.23. The molecule has 0 saturated heterocycles. The Morgan fingerprint density at radius 1 is 1.11 bits per heavy atom. The van der Waals surface area contributed by atoms with Crippen LogP contribution in [0.15, 0.2) is 29.2 Å². The van der Waals surface area contributed by atoms with Gasteiger partial charge >= 0.3 is 29.6 Å².